The van der Waals surface area contributed by atoms with Gasteiger partial charge < -0.3 is 9.47 Å². The lowest BCUT2D eigenvalue weighted by Gasteiger charge is -2.10. The first-order valence-electron chi connectivity index (χ1n) is 6.84. The van der Waals surface area contributed by atoms with Gasteiger partial charge in [-0.05, 0) is 29.8 Å². The molecule has 24 heavy (non-hydrogen) atoms. The van der Waals surface area contributed by atoms with Crippen LogP contribution in [0.1, 0.15) is 15.9 Å². The molecule has 0 saturated carbocycles. The van der Waals surface area contributed by atoms with Crippen molar-refractivity contribution in [1.29, 1.82) is 0 Å². The molecule has 0 atom stereocenters. The quantitative estimate of drug-likeness (QED) is 0.339. The third kappa shape index (κ3) is 3.91. The molecule has 0 unspecified atom stereocenters. The molecular weight excluding hydrogens is 334 g/mol. The standard InChI is InChI=1S/C17H14ClNO5/c1-23-16-10-17(24-2)14(18)9-13(16)15(20)8-5-11-3-6-12(7-4-11)19(21)22/h3-10H,1-2H3/b8-5+. The maximum Gasteiger partial charge on any atom is 0.269 e. The lowest BCUT2D eigenvalue weighted by atomic mass is 10.1. The summed E-state index contributed by atoms with van der Waals surface area (Å²) in [5, 5.41) is 10.9. The van der Waals surface area contributed by atoms with E-state index >= 15 is 0 Å². The van der Waals surface area contributed by atoms with E-state index in [1.165, 1.54) is 44.6 Å². The first-order valence-corrected chi connectivity index (χ1v) is 7.22. The Morgan fingerprint density at radius 1 is 1.12 bits per heavy atom. The van der Waals surface area contributed by atoms with Gasteiger partial charge in [-0.3, -0.25) is 14.9 Å². The number of hydrogen-bond acceptors (Lipinski definition) is 5. The molecule has 6 nitrogen and oxygen atoms in total. The van der Waals surface area contributed by atoms with E-state index in [0.717, 1.165) is 0 Å². The number of allylic oxidation sites excluding steroid dienone is 1. The average molecular weight is 348 g/mol. The molecule has 0 aromatic heterocycles. The molecule has 0 saturated heterocycles. The number of carbonyl (C=O) groups excluding carboxylic acids is 1. The maximum absolute atomic E-state index is 12.4. The smallest absolute Gasteiger partial charge is 0.269 e. The number of hydrogen-bond donors (Lipinski definition) is 0. The van der Waals surface area contributed by atoms with E-state index in [1.807, 2.05) is 0 Å². The predicted molar refractivity (Wildman–Crippen MR) is 91.0 cm³/mol. The highest BCUT2D eigenvalue weighted by Crippen LogP contribution is 2.33. The lowest BCUT2D eigenvalue weighted by Crippen LogP contribution is -2.00. The van der Waals surface area contributed by atoms with E-state index in [4.69, 9.17) is 21.1 Å². The Labute approximate surface area is 143 Å². The van der Waals surface area contributed by atoms with Gasteiger partial charge in [-0.2, -0.15) is 0 Å². The Balaban J connectivity index is 2.25. The number of carbonyl (C=O) groups is 1. The van der Waals surface area contributed by atoms with E-state index in [1.54, 1.807) is 18.2 Å². The zero-order chi connectivity index (χ0) is 17.7. The first kappa shape index (κ1) is 17.5. The molecule has 0 fully saturated rings. The number of ketones is 1. The number of non-ortho nitro benzene ring substituents is 1. The highest BCUT2D eigenvalue weighted by molar-refractivity contribution is 6.32. The van der Waals surface area contributed by atoms with E-state index in [-0.39, 0.29) is 11.5 Å². The Hall–Kier alpha value is -2.86. The van der Waals surface area contributed by atoms with E-state index in [9.17, 15) is 14.9 Å². The molecule has 0 amide bonds. The molecule has 0 bridgehead atoms. The van der Waals surface area contributed by atoms with Crippen LogP contribution in [0.3, 0.4) is 0 Å². The minimum atomic E-state index is -0.483. The molecular formula is C17H14ClNO5. The Morgan fingerprint density at radius 3 is 2.29 bits per heavy atom. The van der Waals surface area contributed by atoms with E-state index in [0.29, 0.717) is 27.6 Å². The van der Waals surface area contributed by atoms with Crippen LogP contribution in [0.2, 0.25) is 5.02 Å². The van der Waals surface area contributed by atoms with Gasteiger partial charge in [-0.25, -0.2) is 0 Å². The summed E-state index contributed by atoms with van der Waals surface area (Å²) in [6.45, 7) is 0. The number of nitrogens with zero attached hydrogens (tertiary/aromatic N) is 1. The normalized spacial score (nSPS) is 10.6. The summed E-state index contributed by atoms with van der Waals surface area (Å²) in [6.07, 6.45) is 2.91. The molecule has 0 N–H and O–H groups in total. The SMILES string of the molecule is COc1cc(OC)c(C(=O)/C=C/c2ccc([N+](=O)[O-])cc2)cc1Cl. The van der Waals surface area contributed by atoms with Gasteiger partial charge in [0, 0.05) is 18.2 Å². The van der Waals surface area contributed by atoms with Crippen molar-refractivity contribution >= 4 is 29.1 Å². The summed E-state index contributed by atoms with van der Waals surface area (Å²) in [5.74, 6) is 0.439. The fourth-order valence-electron chi connectivity index (χ4n) is 2.02. The topological polar surface area (TPSA) is 78.7 Å². The third-order valence-corrected chi connectivity index (χ3v) is 3.57. The number of methoxy groups -OCH3 is 2. The van der Waals surface area contributed by atoms with Gasteiger partial charge in [0.25, 0.3) is 5.69 Å². The fraction of sp³-hybridized carbons (Fsp3) is 0.118. The molecule has 2 rings (SSSR count). The molecule has 0 aliphatic carbocycles. The van der Waals surface area contributed by atoms with Crippen molar-refractivity contribution in [2.24, 2.45) is 0 Å². The highest BCUT2D eigenvalue weighted by Gasteiger charge is 2.14. The summed E-state index contributed by atoms with van der Waals surface area (Å²) in [5.41, 5.74) is 0.941. The van der Waals surface area contributed by atoms with Crippen molar-refractivity contribution in [1.82, 2.24) is 0 Å². The lowest BCUT2D eigenvalue weighted by molar-refractivity contribution is -0.384. The monoisotopic (exact) mass is 347 g/mol. The van der Waals surface area contributed by atoms with E-state index < -0.39 is 4.92 Å². The van der Waals surface area contributed by atoms with Gasteiger partial charge >= 0.3 is 0 Å². The zero-order valence-electron chi connectivity index (χ0n) is 13.0. The summed E-state index contributed by atoms with van der Waals surface area (Å²) < 4.78 is 10.3. The minimum Gasteiger partial charge on any atom is -0.496 e. The second-order valence-corrected chi connectivity index (χ2v) is 5.14. The van der Waals surface area contributed by atoms with Gasteiger partial charge in [0.15, 0.2) is 5.78 Å². The van der Waals surface area contributed by atoms with Gasteiger partial charge in [-0.1, -0.05) is 17.7 Å². The molecule has 2 aromatic carbocycles. The maximum atomic E-state index is 12.4. The molecule has 0 aliphatic rings. The van der Waals surface area contributed by atoms with Crippen molar-refractivity contribution < 1.29 is 19.2 Å². The number of benzene rings is 2. The largest absolute Gasteiger partial charge is 0.496 e. The van der Waals surface area contributed by atoms with Crippen LogP contribution in [0.4, 0.5) is 5.69 Å². The second-order valence-electron chi connectivity index (χ2n) is 4.73. The van der Waals surface area contributed by atoms with Crippen molar-refractivity contribution in [2.75, 3.05) is 14.2 Å². The van der Waals surface area contributed by atoms with Crippen LogP contribution in [-0.2, 0) is 0 Å². The van der Waals surface area contributed by atoms with Crippen LogP contribution in [0, 0.1) is 10.1 Å². The Kier molecular flexibility index (Phi) is 5.55. The van der Waals surface area contributed by atoms with Crippen LogP contribution in [-0.4, -0.2) is 24.9 Å². The number of halogens is 1. The first-order chi connectivity index (χ1) is 11.5. The minimum absolute atomic E-state index is 0.0120. The van der Waals surface area contributed by atoms with Crippen LogP contribution in [0.5, 0.6) is 11.5 Å². The van der Waals surface area contributed by atoms with Crippen LogP contribution in [0.25, 0.3) is 6.08 Å². The van der Waals surface area contributed by atoms with Gasteiger partial charge in [-0.15, -0.1) is 0 Å². The number of nitro benzene ring substituents is 1. The van der Waals surface area contributed by atoms with Gasteiger partial charge in [0.1, 0.15) is 11.5 Å². The molecule has 0 heterocycles. The van der Waals surface area contributed by atoms with Crippen molar-refractivity contribution in [3.8, 4) is 11.5 Å². The predicted octanol–water partition coefficient (Wildman–Crippen LogP) is 4.16. The molecule has 0 radical (unpaired) electrons. The van der Waals surface area contributed by atoms with Crippen LogP contribution in [0.15, 0.2) is 42.5 Å². The zero-order valence-corrected chi connectivity index (χ0v) is 13.7. The summed E-state index contributed by atoms with van der Waals surface area (Å²) in [6, 6.07) is 8.86. The molecule has 7 heteroatoms. The molecule has 124 valence electrons. The fourth-order valence-corrected chi connectivity index (χ4v) is 2.26. The average Bonchev–Trinajstić information content (AvgIpc) is 2.59. The highest BCUT2D eigenvalue weighted by atomic mass is 35.5. The Bertz CT molecular complexity index is 799. The van der Waals surface area contributed by atoms with Crippen LogP contribution >= 0.6 is 11.6 Å². The van der Waals surface area contributed by atoms with E-state index in [2.05, 4.69) is 0 Å². The summed E-state index contributed by atoms with van der Waals surface area (Å²) >= 11 is 6.05. The van der Waals surface area contributed by atoms with Crippen molar-refractivity contribution in [3.05, 3.63) is 68.7 Å². The Morgan fingerprint density at radius 2 is 1.75 bits per heavy atom. The van der Waals surface area contributed by atoms with Gasteiger partial charge in [0.2, 0.25) is 0 Å². The molecule has 0 spiro atoms. The van der Waals surface area contributed by atoms with Crippen molar-refractivity contribution in [2.45, 2.75) is 0 Å². The number of rotatable bonds is 6. The number of ether oxygens (including phenoxy) is 2. The van der Waals surface area contributed by atoms with Crippen LogP contribution < -0.4 is 9.47 Å². The molecule has 0 aliphatic heterocycles. The summed E-state index contributed by atoms with van der Waals surface area (Å²) in [7, 11) is 2.91. The molecule has 2 aromatic rings. The van der Waals surface area contributed by atoms with Gasteiger partial charge in [0.05, 0.1) is 29.7 Å². The second kappa shape index (κ2) is 7.61. The van der Waals surface area contributed by atoms with Crippen molar-refractivity contribution in [3.63, 3.8) is 0 Å². The number of nitro groups is 1. The summed E-state index contributed by atoms with van der Waals surface area (Å²) in [4.78, 5) is 22.5. The third-order valence-electron chi connectivity index (χ3n) is 3.27.